The number of rotatable bonds is 6. The topological polar surface area (TPSA) is 54.3 Å². The van der Waals surface area contributed by atoms with Crippen LogP contribution in [0.1, 0.15) is 31.2 Å². The first-order valence-corrected chi connectivity index (χ1v) is 7.67. The molecule has 0 saturated heterocycles. The second-order valence-corrected chi connectivity index (χ2v) is 5.88. The summed E-state index contributed by atoms with van der Waals surface area (Å²) in [6.45, 7) is 4.30. The molecule has 0 aliphatic rings. The molecule has 2 unspecified atom stereocenters. The molecule has 21 heavy (non-hydrogen) atoms. The molecule has 5 heteroatoms. The maximum absolute atomic E-state index is 12.0. The van der Waals surface area contributed by atoms with Gasteiger partial charge in [-0.3, -0.25) is 10.1 Å². The number of furan rings is 1. The van der Waals surface area contributed by atoms with Crippen LogP contribution in [0.5, 0.6) is 0 Å². The summed E-state index contributed by atoms with van der Waals surface area (Å²) in [4.78, 5) is 12.0. The van der Waals surface area contributed by atoms with Crippen LogP contribution in [0.4, 0.5) is 0 Å². The fourth-order valence-corrected chi connectivity index (χ4v) is 2.48. The molecule has 1 aromatic heterocycles. The summed E-state index contributed by atoms with van der Waals surface area (Å²) >= 11 is 3.46. The maximum atomic E-state index is 12.0. The van der Waals surface area contributed by atoms with Crippen molar-refractivity contribution < 1.29 is 9.21 Å². The van der Waals surface area contributed by atoms with Crippen molar-refractivity contribution in [2.45, 2.75) is 32.5 Å². The molecule has 1 aromatic carbocycles. The van der Waals surface area contributed by atoms with E-state index in [0.29, 0.717) is 6.54 Å². The average molecular weight is 351 g/mol. The summed E-state index contributed by atoms with van der Waals surface area (Å²) in [5.41, 5.74) is 1.13. The summed E-state index contributed by atoms with van der Waals surface area (Å²) in [5.74, 6) is 0.698. The zero-order chi connectivity index (χ0) is 15.2. The van der Waals surface area contributed by atoms with Gasteiger partial charge in [-0.05, 0) is 43.7 Å². The Morgan fingerprint density at radius 2 is 2.10 bits per heavy atom. The van der Waals surface area contributed by atoms with Crippen LogP contribution in [0.15, 0.2) is 51.6 Å². The summed E-state index contributed by atoms with van der Waals surface area (Å²) in [6.07, 6.45) is 1.60. The van der Waals surface area contributed by atoms with Crippen LogP contribution in [0, 0.1) is 0 Å². The summed E-state index contributed by atoms with van der Waals surface area (Å²) in [7, 11) is 0. The number of hydrogen-bond donors (Lipinski definition) is 2. The van der Waals surface area contributed by atoms with Crippen LogP contribution in [-0.2, 0) is 11.3 Å². The third-order valence-electron chi connectivity index (χ3n) is 3.26. The van der Waals surface area contributed by atoms with Gasteiger partial charge in [0.1, 0.15) is 5.76 Å². The van der Waals surface area contributed by atoms with Crippen LogP contribution < -0.4 is 10.6 Å². The SMILES string of the molecule is CC(NC(C)c1cccc(Br)c1)C(=O)NCc1ccco1. The lowest BCUT2D eigenvalue weighted by atomic mass is 10.1. The lowest BCUT2D eigenvalue weighted by Crippen LogP contribution is -2.42. The van der Waals surface area contributed by atoms with Gasteiger partial charge in [-0.2, -0.15) is 0 Å². The molecule has 2 N–H and O–H groups in total. The van der Waals surface area contributed by atoms with Crippen LogP contribution in [0.3, 0.4) is 0 Å². The summed E-state index contributed by atoms with van der Waals surface area (Å²) in [6, 6.07) is 11.5. The predicted molar refractivity (Wildman–Crippen MR) is 85.7 cm³/mol. The average Bonchev–Trinajstić information content (AvgIpc) is 2.97. The number of carbonyl (C=O) groups is 1. The Morgan fingerprint density at radius 1 is 1.29 bits per heavy atom. The van der Waals surface area contributed by atoms with Gasteiger partial charge >= 0.3 is 0 Å². The lowest BCUT2D eigenvalue weighted by Gasteiger charge is -2.20. The molecule has 0 aliphatic heterocycles. The number of amides is 1. The Morgan fingerprint density at radius 3 is 2.76 bits per heavy atom. The van der Waals surface area contributed by atoms with Crippen LogP contribution in [0.2, 0.25) is 0 Å². The third-order valence-corrected chi connectivity index (χ3v) is 3.75. The van der Waals surface area contributed by atoms with Gasteiger partial charge in [0.25, 0.3) is 0 Å². The Hall–Kier alpha value is -1.59. The highest BCUT2D eigenvalue weighted by Crippen LogP contribution is 2.18. The van der Waals surface area contributed by atoms with Gasteiger partial charge < -0.3 is 9.73 Å². The largest absolute Gasteiger partial charge is 0.467 e. The molecule has 112 valence electrons. The van der Waals surface area contributed by atoms with E-state index < -0.39 is 0 Å². The zero-order valence-corrected chi connectivity index (χ0v) is 13.7. The third kappa shape index (κ3) is 4.72. The first kappa shape index (κ1) is 15.8. The number of hydrogen-bond acceptors (Lipinski definition) is 3. The monoisotopic (exact) mass is 350 g/mol. The molecular weight excluding hydrogens is 332 g/mol. The normalized spacial score (nSPS) is 13.7. The highest BCUT2D eigenvalue weighted by atomic mass is 79.9. The molecule has 0 radical (unpaired) electrons. The Labute approximate surface area is 133 Å². The first-order chi connectivity index (χ1) is 10.1. The molecule has 0 aliphatic carbocycles. The highest BCUT2D eigenvalue weighted by molar-refractivity contribution is 9.10. The molecule has 2 rings (SSSR count). The van der Waals surface area contributed by atoms with Crippen LogP contribution in [0.25, 0.3) is 0 Å². The van der Waals surface area contributed by atoms with Gasteiger partial charge in [0.2, 0.25) is 5.91 Å². The number of halogens is 1. The van der Waals surface area contributed by atoms with Gasteiger partial charge in [-0.1, -0.05) is 28.1 Å². The van der Waals surface area contributed by atoms with Crippen molar-refractivity contribution in [2.24, 2.45) is 0 Å². The van der Waals surface area contributed by atoms with E-state index in [9.17, 15) is 4.79 Å². The van der Waals surface area contributed by atoms with Gasteiger partial charge in [0.15, 0.2) is 0 Å². The van der Waals surface area contributed by atoms with Gasteiger partial charge in [0, 0.05) is 10.5 Å². The molecule has 0 spiro atoms. The molecule has 2 aromatic rings. The molecule has 0 fully saturated rings. The van der Waals surface area contributed by atoms with Crippen molar-refractivity contribution >= 4 is 21.8 Å². The van der Waals surface area contributed by atoms with Crippen molar-refractivity contribution in [3.05, 3.63) is 58.5 Å². The van der Waals surface area contributed by atoms with E-state index >= 15 is 0 Å². The number of nitrogens with one attached hydrogen (secondary N) is 2. The second kappa shape index (κ2) is 7.43. The Bertz CT molecular complexity index is 584. The predicted octanol–water partition coefficient (Wildman–Crippen LogP) is 3.40. The van der Waals surface area contributed by atoms with E-state index in [2.05, 4.69) is 26.6 Å². The minimum absolute atomic E-state index is 0.0479. The molecule has 0 saturated carbocycles. The van der Waals surface area contributed by atoms with Gasteiger partial charge in [-0.15, -0.1) is 0 Å². The van der Waals surface area contributed by atoms with Crippen LogP contribution >= 0.6 is 15.9 Å². The number of carbonyl (C=O) groups excluding carboxylic acids is 1. The van der Waals surface area contributed by atoms with Gasteiger partial charge in [0.05, 0.1) is 18.8 Å². The fourth-order valence-electron chi connectivity index (χ4n) is 2.06. The van der Waals surface area contributed by atoms with Crippen molar-refractivity contribution in [1.29, 1.82) is 0 Å². The van der Waals surface area contributed by atoms with Crippen LogP contribution in [-0.4, -0.2) is 11.9 Å². The van der Waals surface area contributed by atoms with E-state index in [0.717, 1.165) is 15.8 Å². The Balaban J connectivity index is 1.85. The maximum Gasteiger partial charge on any atom is 0.237 e. The molecule has 0 bridgehead atoms. The molecule has 4 nitrogen and oxygen atoms in total. The second-order valence-electron chi connectivity index (χ2n) is 4.96. The van der Waals surface area contributed by atoms with Crippen molar-refractivity contribution in [2.75, 3.05) is 0 Å². The van der Waals surface area contributed by atoms with Crippen molar-refractivity contribution in [1.82, 2.24) is 10.6 Å². The molecular formula is C16H19BrN2O2. The van der Waals surface area contributed by atoms with E-state index in [1.54, 1.807) is 12.3 Å². The fraction of sp³-hybridized carbons (Fsp3) is 0.312. The zero-order valence-electron chi connectivity index (χ0n) is 12.1. The first-order valence-electron chi connectivity index (χ1n) is 6.88. The minimum atomic E-state index is -0.283. The van der Waals surface area contributed by atoms with E-state index in [4.69, 9.17) is 4.42 Å². The van der Waals surface area contributed by atoms with E-state index in [1.807, 2.05) is 44.2 Å². The summed E-state index contributed by atoms with van der Waals surface area (Å²) < 4.78 is 6.22. The minimum Gasteiger partial charge on any atom is -0.467 e. The molecule has 2 atom stereocenters. The van der Waals surface area contributed by atoms with E-state index in [-0.39, 0.29) is 18.0 Å². The van der Waals surface area contributed by atoms with Crippen molar-refractivity contribution in [3.8, 4) is 0 Å². The standard InChI is InChI=1S/C16H19BrN2O2/c1-11(13-5-3-6-14(17)9-13)19-12(2)16(20)18-10-15-7-4-8-21-15/h3-9,11-12,19H,10H2,1-2H3,(H,18,20). The molecule has 1 amide bonds. The molecule has 1 heterocycles. The smallest absolute Gasteiger partial charge is 0.237 e. The highest BCUT2D eigenvalue weighted by Gasteiger charge is 2.16. The van der Waals surface area contributed by atoms with Gasteiger partial charge in [-0.25, -0.2) is 0 Å². The lowest BCUT2D eigenvalue weighted by molar-refractivity contribution is -0.123. The van der Waals surface area contributed by atoms with E-state index in [1.165, 1.54) is 0 Å². The Kier molecular flexibility index (Phi) is 5.59. The number of benzene rings is 1. The quantitative estimate of drug-likeness (QED) is 0.839. The summed E-state index contributed by atoms with van der Waals surface area (Å²) in [5, 5.41) is 6.14. The van der Waals surface area contributed by atoms with Crippen molar-refractivity contribution in [3.63, 3.8) is 0 Å².